The van der Waals surface area contributed by atoms with Gasteiger partial charge < -0.3 is 4.55 Å². The molecule has 0 amide bonds. The molecule has 0 aliphatic carbocycles. The van der Waals surface area contributed by atoms with Crippen molar-refractivity contribution in [3.8, 4) is 0 Å². The van der Waals surface area contributed by atoms with E-state index < -0.39 is 30.4 Å². The zero-order valence-corrected chi connectivity index (χ0v) is 19.9. The Morgan fingerprint density at radius 1 is 0.690 bits per heavy atom. The fourth-order valence-electron chi connectivity index (χ4n) is 1.37. The van der Waals surface area contributed by atoms with Gasteiger partial charge >= 0.3 is 39.1 Å². The van der Waals surface area contributed by atoms with E-state index in [9.17, 15) is 29.8 Å². The third kappa shape index (κ3) is 8.44. The molecule has 0 aliphatic heterocycles. The first-order valence-electron chi connectivity index (χ1n) is 6.63. The summed E-state index contributed by atoms with van der Waals surface area (Å²) in [5, 5.41) is 4.67. The molecule has 0 unspecified atom stereocenters. The van der Waals surface area contributed by atoms with Crippen molar-refractivity contribution < 1.29 is 55.9 Å². The summed E-state index contributed by atoms with van der Waals surface area (Å²) in [5.74, 6) is 0. The molecule has 0 atom stereocenters. The summed E-state index contributed by atoms with van der Waals surface area (Å²) in [4.78, 5) is 0. The molecule has 0 spiro atoms. The predicted octanol–water partition coefficient (Wildman–Crippen LogP) is 0.140. The first-order chi connectivity index (χ1) is 13.0. The molecule has 0 saturated carbocycles. The maximum absolute atomic E-state index is 11.6. The van der Waals surface area contributed by atoms with E-state index in [1.165, 1.54) is 36.4 Å². The molecule has 0 aromatic carbocycles. The van der Waals surface area contributed by atoms with Crippen molar-refractivity contribution in [2.24, 2.45) is 0 Å². The molecule has 0 fully saturated rings. The van der Waals surface area contributed by atoms with Crippen molar-refractivity contribution in [1.82, 2.24) is 0 Å². The largest absolute Gasteiger partial charge is 1.00 e. The van der Waals surface area contributed by atoms with Gasteiger partial charge in [0.1, 0.15) is 22.7 Å². The van der Waals surface area contributed by atoms with E-state index in [2.05, 4.69) is 7.26 Å². The number of hydrogen-bond donors (Lipinski definition) is 0. The summed E-state index contributed by atoms with van der Waals surface area (Å²) < 4.78 is 85.3. The molecule has 0 N–H and O–H groups in total. The van der Waals surface area contributed by atoms with Crippen molar-refractivity contribution in [3.63, 3.8) is 0 Å². The monoisotopic (exact) mass is 528 g/mol. The number of thiophene rings is 3. The molecule has 0 saturated heterocycles. The van der Waals surface area contributed by atoms with Gasteiger partial charge in [-0.05, 0) is 34.3 Å². The molecular formula is C12H9LiO9S7. The van der Waals surface area contributed by atoms with Gasteiger partial charge in [0.05, 0.1) is 0 Å². The summed E-state index contributed by atoms with van der Waals surface area (Å²) in [6, 6.07) is 8.56. The van der Waals surface area contributed by atoms with Crippen molar-refractivity contribution in [2.45, 2.75) is 12.6 Å². The van der Waals surface area contributed by atoms with Gasteiger partial charge in [0.2, 0.25) is 0 Å². The Bertz CT molecular complexity index is 1100. The molecule has 0 aliphatic rings. The van der Waals surface area contributed by atoms with Crippen LogP contribution in [0.15, 0.2) is 65.2 Å². The summed E-state index contributed by atoms with van der Waals surface area (Å²) >= 11 is 2.74. The van der Waals surface area contributed by atoms with Gasteiger partial charge in [0.15, 0.2) is 12.3 Å². The maximum atomic E-state index is 11.6. The minimum Gasteiger partial charge on any atom is -0.743 e. The topological polar surface area (TPSA) is 144 Å². The van der Waals surface area contributed by atoms with E-state index in [-0.39, 0.29) is 43.8 Å². The van der Waals surface area contributed by atoms with Gasteiger partial charge in [0.25, 0.3) is 0 Å². The van der Waals surface area contributed by atoms with Crippen molar-refractivity contribution in [2.75, 3.05) is 0 Å². The second kappa shape index (κ2) is 11.4. The molecule has 3 aromatic rings. The molecule has 29 heavy (non-hydrogen) atoms. The predicted molar refractivity (Wildman–Crippen MR) is 105 cm³/mol. The molecule has 17 heteroatoms. The van der Waals surface area contributed by atoms with Crippen LogP contribution in [0.3, 0.4) is 0 Å². The first-order valence-corrected chi connectivity index (χ1v) is 14.2. The van der Waals surface area contributed by atoms with Crippen LogP contribution in [0.5, 0.6) is 0 Å². The van der Waals surface area contributed by atoms with Crippen LogP contribution >= 0.6 is 46.3 Å². The third-order valence-corrected chi connectivity index (χ3v) is 10.9. The van der Waals surface area contributed by atoms with E-state index in [0.29, 0.717) is 0 Å². The second-order valence-corrected chi connectivity index (χ2v) is 13.3. The minimum absolute atomic E-state index is 0. The summed E-state index contributed by atoms with van der Waals surface area (Å²) in [5.41, 5.74) is 0. The summed E-state index contributed by atoms with van der Waals surface area (Å²) in [6.07, 6.45) is 0. The number of rotatable bonds is 7. The Kier molecular flexibility index (Phi) is 10.6. The molecule has 3 rings (SSSR count). The Balaban J connectivity index is 0.000000355. The second-order valence-electron chi connectivity index (χ2n) is 4.36. The molecular weight excluding hydrogens is 520 g/mol. The minimum atomic E-state index is -4.19. The maximum Gasteiger partial charge on any atom is 1.00 e. The number of hydrogen-bond acceptors (Lipinski definition) is 13. The SMILES string of the molecule is O=S(=O)(OSOS(=O)(=O)c1cccs1)c1cccs1.O=S(=O)([O-])c1cccs1.[Li+]. The molecule has 3 aromatic heterocycles. The van der Waals surface area contributed by atoms with Gasteiger partial charge in [-0.15, -0.1) is 34.0 Å². The van der Waals surface area contributed by atoms with Crippen molar-refractivity contribution >= 4 is 76.7 Å². The van der Waals surface area contributed by atoms with Gasteiger partial charge in [-0.1, -0.05) is 18.2 Å². The fourth-order valence-corrected chi connectivity index (χ4v) is 7.28. The van der Waals surface area contributed by atoms with E-state index in [1.807, 2.05) is 0 Å². The van der Waals surface area contributed by atoms with Crippen molar-refractivity contribution in [3.05, 3.63) is 52.5 Å². The zero-order valence-electron chi connectivity index (χ0n) is 14.2. The fraction of sp³-hybridized carbons (Fsp3) is 0. The standard InChI is InChI=1S/C8H6O6S5.C4H4O3S2.Li/c9-18(10,7-3-1-5-15-7)13-17-14-19(11,12)8-4-2-6-16-8;5-9(6,7)4-2-1-3-8-4;/h1-6H;1-3H,(H,5,6,7);/q;;+1/p-1. The quantitative estimate of drug-likeness (QED) is 0.236. The third-order valence-electron chi connectivity index (χ3n) is 2.46. The summed E-state index contributed by atoms with van der Waals surface area (Å²) in [6.45, 7) is 0. The Labute approximate surface area is 196 Å². The van der Waals surface area contributed by atoms with Crippen LogP contribution in [0.2, 0.25) is 0 Å². The van der Waals surface area contributed by atoms with E-state index >= 15 is 0 Å². The molecule has 0 radical (unpaired) electrons. The van der Waals surface area contributed by atoms with Crippen LogP contribution in [0.4, 0.5) is 0 Å². The van der Waals surface area contributed by atoms with Crippen LogP contribution in [0, 0.1) is 0 Å². The molecule has 9 nitrogen and oxygen atoms in total. The molecule has 0 bridgehead atoms. The van der Waals surface area contributed by atoms with Gasteiger partial charge in [-0.25, -0.2) is 8.42 Å². The van der Waals surface area contributed by atoms with Crippen molar-refractivity contribution in [1.29, 1.82) is 0 Å². The van der Waals surface area contributed by atoms with Crippen LogP contribution in [0.1, 0.15) is 0 Å². The first kappa shape index (κ1) is 26.8. The Morgan fingerprint density at radius 2 is 1.03 bits per heavy atom. The van der Waals surface area contributed by atoms with Crippen LogP contribution < -0.4 is 18.9 Å². The van der Waals surface area contributed by atoms with Gasteiger partial charge in [0, 0.05) is 0 Å². The average molecular weight is 529 g/mol. The molecule has 3 heterocycles. The average Bonchev–Trinajstić information content (AvgIpc) is 3.37. The van der Waals surface area contributed by atoms with Crippen LogP contribution in [-0.2, 0) is 37.6 Å². The van der Waals surface area contributed by atoms with Crippen LogP contribution in [-0.4, -0.2) is 29.8 Å². The Hall–Kier alpha value is -0.223. The normalized spacial score (nSPS) is 11.9. The smallest absolute Gasteiger partial charge is 0.743 e. The van der Waals surface area contributed by atoms with E-state index in [0.717, 1.165) is 34.0 Å². The Morgan fingerprint density at radius 3 is 1.28 bits per heavy atom. The van der Waals surface area contributed by atoms with Gasteiger partial charge in [-0.2, -0.15) is 24.1 Å². The van der Waals surface area contributed by atoms with E-state index in [1.54, 1.807) is 16.1 Å². The van der Waals surface area contributed by atoms with Crippen LogP contribution in [0.25, 0.3) is 0 Å². The molecule has 154 valence electrons. The van der Waals surface area contributed by atoms with E-state index in [4.69, 9.17) is 0 Å². The van der Waals surface area contributed by atoms with Gasteiger partial charge in [-0.3, -0.25) is 0 Å². The zero-order chi connectivity index (χ0) is 20.8. The summed E-state index contributed by atoms with van der Waals surface area (Å²) in [7, 11) is -12.2.